The Kier molecular flexibility index (Phi) is 6.55. The highest BCUT2D eigenvalue weighted by molar-refractivity contribution is 8.18. The summed E-state index contributed by atoms with van der Waals surface area (Å²) < 4.78 is 5.24. The van der Waals surface area contributed by atoms with Gasteiger partial charge in [-0.1, -0.05) is 24.3 Å². The lowest BCUT2D eigenvalue weighted by atomic mass is 10.00. The van der Waals surface area contributed by atoms with Gasteiger partial charge in [0.15, 0.2) is 5.75 Å². The van der Waals surface area contributed by atoms with Crippen LogP contribution in [0.15, 0.2) is 41.3 Å². The van der Waals surface area contributed by atoms with Gasteiger partial charge in [0.05, 0.1) is 16.4 Å². The maximum Gasteiger partial charge on any atom is 0.315 e. The molecule has 0 saturated carbocycles. The molecular formula is C23H21N3O7S. The van der Waals surface area contributed by atoms with Crippen LogP contribution in [0.4, 0.5) is 10.5 Å². The molecule has 0 bridgehead atoms. The number of phenols is 1. The predicted octanol–water partition coefficient (Wildman–Crippen LogP) is 3.32. The molecule has 2 aromatic carbocycles. The second kappa shape index (κ2) is 9.56. The molecule has 4 rings (SSSR count). The fourth-order valence-corrected chi connectivity index (χ4v) is 4.67. The molecule has 0 spiro atoms. The van der Waals surface area contributed by atoms with Crippen molar-refractivity contribution in [3.63, 3.8) is 0 Å². The largest absolute Gasteiger partial charge is 0.500 e. The molecule has 0 atom stereocenters. The Balaban J connectivity index is 1.52. The lowest BCUT2D eigenvalue weighted by Crippen LogP contribution is -2.44. The average Bonchev–Trinajstić information content (AvgIpc) is 3.07. The summed E-state index contributed by atoms with van der Waals surface area (Å²) in [5.74, 6) is -1.72. The van der Waals surface area contributed by atoms with Gasteiger partial charge in [-0.3, -0.25) is 29.4 Å². The quantitative estimate of drug-likeness (QED) is 0.376. The van der Waals surface area contributed by atoms with E-state index in [1.54, 1.807) is 11.8 Å². The highest BCUT2D eigenvalue weighted by Gasteiger charge is 2.37. The fourth-order valence-electron chi connectivity index (χ4n) is 3.83. The Bertz CT molecular complexity index is 1230. The molecule has 1 saturated heterocycles. The highest BCUT2D eigenvalue weighted by atomic mass is 32.2. The van der Waals surface area contributed by atoms with E-state index in [0.29, 0.717) is 31.3 Å². The van der Waals surface area contributed by atoms with Gasteiger partial charge in [-0.2, -0.15) is 0 Å². The van der Waals surface area contributed by atoms with Crippen LogP contribution in [-0.4, -0.2) is 56.6 Å². The van der Waals surface area contributed by atoms with Crippen LogP contribution in [0, 0.1) is 10.1 Å². The molecular weight excluding hydrogens is 462 g/mol. The third kappa shape index (κ3) is 4.60. The van der Waals surface area contributed by atoms with Crippen LogP contribution in [-0.2, 0) is 22.6 Å². The maximum absolute atomic E-state index is 12.9. The minimum Gasteiger partial charge on any atom is -0.500 e. The summed E-state index contributed by atoms with van der Waals surface area (Å²) in [6, 6.07) is 10.2. The van der Waals surface area contributed by atoms with E-state index in [-0.39, 0.29) is 35.3 Å². The zero-order valence-corrected chi connectivity index (χ0v) is 19.0. The van der Waals surface area contributed by atoms with Gasteiger partial charge in [0.25, 0.3) is 11.1 Å². The van der Waals surface area contributed by atoms with E-state index in [2.05, 4.69) is 0 Å². The Morgan fingerprint density at radius 2 is 2.00 bits per heavy atom. The number of nitro groups is 1. The number of hydrogen-bond acceptors (Lipinski definition) is 8. The second-order valence-corrected chi connectivity index (χ2v) is 8.67. The summed E-state index contributed by atoms with van der Waals surface area (Å²) in [6.45, 7) is 2.34. The molecule has 1 N–H and O–H groups in total. The van der Waals surface area contributed by atoms with Crippen molar-refractivity contribution in [2.75, 3.05) is 19.7 Å². The average molecular weight is 484 g/mol. The maximum atomic E-state index is 12.9. The van der Waals surface area contributed by atoms with E-state index in [0.717, 1.165) is 16.5 Å². The van der Waals surface area contributed by atoms with Gasteiger partial charge in [-0.25, -0.2) is 0 Å². The number of carbonyl (C=O) groups is 3. The number of thioether (sulfide) groups is 1. The third-order valence-corrected chi connectivity index (χ3v) is 6.43. The molecule has 0 radical (unpaired) electrons. The molecule has 3 amide bonds. The smallest absolute Gasteiger partial charge is 0.315 e. The van der Waals surface area contributed by atoms with E-state index < -0.39 is 27.5 Å². The van der Waals surface area contributed by atoms with Gasteiger partial charge in [0.1, 0.15) is 6.54 Å². The van der Waals surface area contributed by atoms with Crippen LogP contribution in [0.2, 0.25) is 0 Å². The number of benzene rings is 2. The lowest BCUT2D eigenvalue weighted by Gasteiger charge is -2.29. The first-order valence-electron chi connectivity index (χ1n) is 10.5. The molecule has 2 aliphatic heterocycles. The van der Waals surface area contributed by atoms with Crippen molar-refractivity contribution in [2.24, 2.45) is 0 Å². The minimum absolute atomic E-state index is 0.0178. The number of nitrogens with zero attached hydrogens (tertiary/aromatic N) is 3. The van der Waals surface area contributed by atoms with Crippen molar-refractivity contribution < 1.29 is 29.2 Å². The third-order valence-electron chi connectivity index (χ3n) is 5.52. The Labute approximate surface area is 198 Å². The zero-order chi connectivity index (χ0) is 24.4. The molecule has 2 heterocycles. The van der Waals surface area contributed by atoms with Crippen LogP contribution >= 0.6 is 11.8 Å². The van der Waals surface area contributed by atoms with E-state index >= 15 is 0 Å². The van der Waals surface area contributed by atoms with Gasteiger partial charge in [0, 0.05) is 19.2 Å². The lowest BCUT2D eigenvalue weighted by molar-refractivity contribution is -0.386. The van der Waals surface area contributed by atoms with Gasteiger partial charge >= 0.3 is 5.69 Å². The van der Waals surface area contributed by atoms with Crippen molar-refractivity contribution in [1.82, 2.24) is 9.80 Å². The number of carbonyl (C=O) groups excluding carboxylic acids is 3. The van der Waals surface area contributed by atoms with Crippen LogP contribution < -0.4 is 4.74 Å². The first kappa shape index (κ1) is 23.3. The number of ether oxygens (including phenoxy) is 1. The normalized spacial score (nSPS) is 16.7. The van der Waals surface area contributed by atoms with Crippen LogP contribution in [0.1, 0.15) is 23.6 Å². The molecule has 0 aliphatic carbocycles. The standard InChI is InChI=1S/C23H21N3O7S/c1-2-33-18-10-14(9-17(21(18)28)26(31)32)11-19-22(29)25(23(30)34-19)13-20(27)24-8-7-15-5-3-4-6-16(15)12-24/h3-6,9-11,28H,2,7-8,12-13H2,1H3/b19-11-. The summed E-state index contributed by atoms with van der Waals surface area (Å²) in [4.78, 5) is 51.2. The summed E-state index contributed by atoms with van der Waals surface area (Å²) >= 11 is 0.646. The molecule has 176 valence electrons. The summed E-state index contributed by atoms with van der Waals surface area (Å²) in [5.41, 5.74) is 1.83. The Hall–Kier alpha value is -3.86. The molecule has 34 heavy (non-hydrogen) atoms. The summed E-state index contributed by atoms with van der Waals surface area (Å²) in [6.07, 6.45) is 2.01. The van der Waals surface area contributed by atoms with Gasteiger partial charge in [-0.05, 0) is 53.9 Å². The van der Waals surface area contributed by atoms with E-state index in [4.69, 9.17) is 4.74 Å². The van der Waals surface area contributed by atoms with Crippen molar-refractivity contribution in [3.05, 3.63) is 68.1 Å². The van der Waals surface area contributed by atoms with Gasteiger partial charge < -0.3 is 14.7 Å². The highest BCUT2D eigenvalue weighted by Crippen LogP contribution is 2.39. The number of aromatic hydroxyl groups is 1. The number of amides is 3. The van der Waals surface area contributed by atoms with Crippen LogP contribution in [0.25, 0.3) is 6.08 Å². The number of imide groups is 1. The van der Waals surface area contributed by atoms with E-state index in [1.807, 2.05) is 24.3 Å². The number of hydrogen-bond donors (Lipinski definition) is 1. The molecule has 11 heteroatoms. The molecule has 1 fully saturated rings. The minimum atomic E-state index is -0.767. The Morgan fingerprint density at radius 1 is 1.26 bits per heavy atom. The van der Waals surface area contributed by atoms with Gasteiger partial charge in [0.2, 0.25) is 11.7 Å². The van der Waals surface area contributed by atoms with E-state index in [9.17, 15) is 29.6 Å². The number of nitro benzene ring substituents is 1. The van der Waals surface area contributed by atoms with Crippen molar-refractivity contribution in [2.45, 2.75) is 19.9 Å². The van der Waals surface area contributed by atoms with Crippen LogP contribution in [0.5, 0.6) is 11.5 Å². The molecule has 0 unspecified atom stereocenters. The van der Waals surface area contributed by atoms with E-state index in [1.165, 1.54) is 17.7 Å². The zero-order valence-electron chi connectivity index (χ0n) is 18.2. The predicted molar refractivity (Wildman–Crippen MR) is 124 cm³/mol. The topological polar surface area (TPSA) is 130 Å². The number of phenolic OH excluding ortho intramolecular Hbond substituents is 1. The number of rotatable bonds is 6. The summed E-state index contributed by atoms with van der Waals surface area (Å²) in [5, 5.41) is 20.7. The molecule has 2 aliphatic rings. The SMILES string of the molecule is CCOc1cc(/C=C2\SC(=O)N(CC(=O)N3CCc4ccccc4C3)C2=O)cc([N+](=O)[O-])c1O. The molecule has 0 aromatic heterocycles. The fraction of sp³-hybridized carbons (Fsp3) is 0.261. The Morgan fingerprint density at radius 3 is 2.71 bits per heavy atom. The van der Waals surface area contributed by atoms with Crippen molar-refractivity contribution >= 4 is 40.6 Å². The molecule has 2 aromatic rings. The van der Waals surface area contributed by atoms with Gasteiger partial charge in [-0.15, -0.1) is 0 Å². The monoisotopic (exact) mass is 483 g/mol. The van der Waals surface area contributed by atoms with Crippen molar-refractivity contribution in [3.8, 4) is 11.5 Å². The molecule has 10 nitrogen and oxygen atoms in total. The summed E-state index contributed by atoms with van der Waals surface area (Å²) in [7, 11) is 0. The first-order valence-corrected chi connectivity index (χ1v) is 11.3. The van der Waals surface area contributed by atoms with Crippen molar-refractivity contribution in [1.29, 1.82) is 0 Å². The number of fused-ring (bicyclic) bond motifs is 1. The second-order valence-electron chi connectivity index (χ2n) is 7.68. The van der Waals surface area contributed by atoms with Crippen LogP contribution in [0.3, 0.4) is 0 Å². The first-order chi connectivity index (χ1) is 16.3.